The average molecular weight is 365 g/mol. The number of methoxy groups -OCH3 is 2. The van der Waals surface area contributed by atoms with E-state index in [0.717, 1.165) is 22.9 Å². The molecule has 0 unspecified atom stereocenters. The Kier molecular flexibility index (Phi) is 6.12. The highest BCUT2D eigenvalue weighted by atomic mass is 19.1. The van der Waals surface area contributed by atoms with Gasteiger partial charge >= 0.3 is 0 Å². The number of carbonyl (C=O) groups is 1. The summed E-state index contributed by atoms with van der Waals surface area (Å²) in [5.74, 6) is -3.00. The van der Waals surface area contributed by atoms with E-state index >= 15 is 0 Å². The number of benzene rings is 1. The van der Waals surface area contributed by atoms with Crippen LogP contribution in [-0.4, -0.2) is 36.0 Å². The van der Waals surface area contributed by atoms with Gasteiger partial charge in [0.25, 0.3) is 11.5 Å². The summed E-state index contributed by atoms with van der Waals surface area (Å²) in [5.41, 5.74) is 6.94. The summed E-state index contributed by atoms with van der Waals surface area (Å²) >= 11 is 0. The molecule has 0 aliphatic rings. The Bertz CT molecular complexity index is 916. The van der Waals surface area contributed by atoms with Gasteiger partial charge in [-0.15, -0.1) is 0 Å². The van der Waals surface area contributed by atoms with Gasteiger partial charge in [-0.25, -0.2) is 13.8 Å². The van der Waals surface area contributed by atoms with Gasteiger partial charge in [0.15, 0.2) is 6.29 Å². The first-order valence-corrected chi connectivity index (χ1v) is 7.12. The fourth-order valence-corrected chi connectivity index (χ4v) is 2.21. The number of hydrogen-bond donors (Lipinski definition) is 0. The monoisotopic (exact) mass is 365 g/mol. The molecule has 2 rings (SSSR count). The summed E-state index contributed by atoms with van der Waals surface area (Å²) in [6, 6.07) is 2.62. The van der Waals surface area contributed by atoms with Crippen molar-refractivity contribution in [1.82, 2.24) is 9.55 Å². The predicted molar refractivity (Wildman–Crippen MR) is 85.1 cm³/mol. The molecule has 26 heavy (non-hydrogen) atoms. The molecule has 1 aromatic carbocycles. The second-order valence-corrected chi connectivity index (χ2v) is 4.96. The van der Waals surface area contributed by atoms with Gasteiger partial charge in [0.05, 0.1) is 6.54 Å². The molecule has 0 N–H and O–H groups in total. The summed E-state index contributed by atoms with van der Waals surface area (Å²) in [5, 5.41) is 2.85. The molecule has 136 valence electrons. The second kappa shape index (κ2) is 8.30. The van der Waals surface area contributed by atoms with E-state index in [4.69, 9.17) is 15.0 Å². The van der Waals surface area contributed by atoms with Crippen molar-refractivity contribution in [2.45, 2.75) is 12.8 Å². The number of aromatic nitrogens is 2. The molecule has 0 spiro atoms. The van der Waals surface area contributed by atoms with E-state index < -0.39 is 35.0 Å². The number of halogens is 2. The maximum Gasteiger partial charge on any atom is 0.265 e. The fourth-order valence-electron chi connectivity index (χ4n) is 2.21. The summed E-state index contributed by atoms with van der Waals surface area (Å²) in [4.78, 5) is 30.6. The Hall–Kier alpha value is -3.14. The lowest BCUT2D eigenvalue weighted by molar-refractivity contribution is -0.111. The summed E-state index contributed by atoms with van der Waals surface area (Å²) < 4.78 is 38.1. The molecule has 0 atom stereocenters. The minimum Gasteiger partial charge on any atom is -0.354 e. The van der Waals surface area contributed by atoms with E-state index in [-0.39, 0.29) is 17.9 Å². The van der Waals surface area contributed by atoms with Crippen molar-refractivity contribution in [1.29, 1.82) is 0 Å². The van der Waals surface area contributed by atoms with Gasteiger partial charge < -0.3 is 9.47 Å². The SMILES string of the molecule is COC(Cn1c(-c2cc(F)cc(F)c2)ncc(C(=O)N=[N+]=[N-])c1=O)OC. The van der Waals surface area contributed by atoms with Gasteiger partial charge in [-0.3, -0.25) is 14.2 Å². The quantitative estimate of drug-likeness (QED) is 0.337. The Morgan fingerprint density at radius 3 is 2.46 bits per heavy atom. The van der Waals surface area contributed by atoms with E-state index in [1.54, 1.807) is 0 Å². The molecule has 11 heteroatoms. The van der Waals surface area contributed by atoms with Gasteiger partial charge in [0, 0.05) is 37.0 Å². The van der Waals surface area contributed by atoms with Crippen LogP contribution in [0.5, 0.6) is 0 Å². The molecule has 9 nitrogen and oxygen atoms in total. The Balaban J connectivity index is 2.70. The zero-order valence-electron chi connectivity index (χ0n) is 13.7. The Morgan fingerprint density at radius 1 is 1.31 bits per heavy atom. The minimum atomic E-state index is -1.14. The molecule has 1 aromatic heterocycles. The molecule has 0 aliphatic heterocycles. The van der Waals surface area contributed by atoms with Crippen LogP contribution in [0.3, 0.4) is 0 Å². The first-order valence-electron chi connectivity index (χ1n) is 7.12. The molecule has 2 aromatic rings. The number of amides is 1. The number of nitrogens with zero attached hydrogens (tertiary/aromatic N) is 5. The normalized spacial score (nSPS) is 10.7. The van der Waals surface area contributed by atoms with Crippen molar-refractivity contribution >= 4 is 5.91 Å². The molecule has 0 bridgehead atoms. The molecule has 0 saturated heterocycles. The van der Waals surface area contributed by atoms with E-state index in [9.17, 15) is 18.4 Å². The lowest BCUT2D eigenvalue weighted by Gasteiger charge is -2.18. The molecule has 0 radical (unpaired) electrons. The molecular weight excluding hydrogens is 352 g/mol. The van der Waals surface area contributed by atoms with Gasteiger partial charge in [0.2, 0.25) is 0 Å². The van der Waals surface area contributed by atoms with Crippen LogP contribution in [0, 0.1) is 11.6 Å². The minimum absolute atomic E-state index is 0.0339. The first-order chi connectivity index (χ1) is 12.4. The van der Waals surface area contributed by atoms with Gasteiger partial charge in [-0.1, -0.05) is 0 Å². The summed E-state index contributed by atoms with van der Waals surface area (Å²) in [6.07, 6.45) is -0.0285. The highest BCUT2D eigenvalue weighted by Crippen LogP contribution is 2.20. The number of ether oxygens (including phenoxy) is 2. The Morgan fingerprint density at radius 2 is 1.92 bits per heavy atom. The number of carbonyl (C=O) groups excluding carboxylic acids is 1. The third-order valence-corrected chi connectivity index (χ3v) is 3.39. The van der Waals surface area contributed by atoms with Crippen LogP contribution in [0.15, 0.2) is 34.3 Å². The Labute approximate surface area is 145 Å². The van der Waals surface area contributed by atoms with Crippen molar-refractivity contribution < 1.29 is 23.0 Å². The predicted octanol–water partition coefficient (Wildman–Crippen LogP) is 2.26. The van der Waals surface area contributed by atoms with Crippen molar-refractivity contribution in [2.75, 3.05) is 14.2 Å². The number of azide groups is 1. The van der Waals surface area contributed by atoms with Crippen LogP contribution < -0.4 is 5.56 Å². The van der Waals surface area contributed by atoms with Crippen molar-refractivity contribution in [3.8, 4) is 11.4 Å². The van der Waals surface area contributed by atoms with Gasteiger partial charge in [-0.05, 0) is 22.8 Å². The fraction of sp³-hybridized carbons (Fsp3) is 0.267. The maximum atomic E-state index is 13.5. The van der Waals surface area contributed by atoms with Crippen molar-refractivity contribution in [3.05, 3.63) is 62.4 Å². The number of hydrogen-bond acceptors (Lipinski definition) is 5. The zero-order valence-corrected chi connectivity index (χ0v) is 13.7. The van der Waals surface area contributed by atoms with Crippen LogP contribution in [-0.2, 0) is 16.0 Å². The van der Waals surface area contributed by atoms with Crippen molar-refractivity contribution in [2.24, 2.45) is 5.11 Å². The molecule has 1 amide bonds. The van der Waals surface area contributed by atoms with Crippen LogP contribution in [0.25, 0.3) is 21.8 Å². The summed E-state index contributed by atoms with van der Waals surface area (Å²) in [7, 11) is 2.65. The first kappa shape index (κ1) is 19.2. The van der Waals surface area contributed by atoms with E-state index in [1.165, 1.54) is 14.2 Å². The van der Waals surface area contributed by atoms with Gasteiger partial charge in [0.1, 0.15) is 23.0 Å². The van der Waals surface area contributed by atoms with E-state index in [0.29, 0.717) is 6.07 Å². The van der Waals surface area contributed by atoms with Crippen molar-refractivity contribution in [3.63, 3.8) is 0 Å². The highest BCUT2D eigenvalue weighted by molar-refractivity contribution is 5.94. The molecule has 1 heterocycles. The molecular formula is C15H13F2N5O4. The zero-order chi connectivity index (χ0) is 19.3. The summed E-state index contributed by atoms with van der Waals surface area (Å²) in [6.45, 7) is -0.232. The topological polar surface area (TPSA) is 119 Å². The van der Waals surface area contributed by atoms with Gasteiger partial charge in [-0.2, -0.15) is 0 Å². The highest BCUT2D eigenvalue weighted by Gasteiger charge is 2.20. The van der Waals surface area contributed by atoms with E-state index in [2.05, 4.69) is 15.0 Å². The molecule has 0 aliphatic carbocycles. The third-order valence-electron chi connectivity index (χ3n) is 3.39. The molecule has 0 fully saturated rings. The smallest absolute Gasteiger partial charge is 0.265 e. The largest absolute Gasteiger partial charge is 0.354 e. The van der Waals surface area contributed by atoms with Crippen LogP contribution in [0.2, 0.25) is 0 Å². The molecule has 0 saturated carbocycles. The van der Waals surface area contributed by atoms with E-state index in [1.807, 2.05) is 0 Å². The van der Waals surface area contributed by atoms with Crippen LogP contribution in [0.4, 0.5) is 8.78 Å². The lowest BCUT2D eigenvalue weighted by atomic mass is 10.2. The lowest BCUT2D eigenvalue weighted by Crippen LogP contribution is -2.33. The second-order valence-electron chi connectivity index (χ2n) is 4.96. The standard InChI is InChI=1S/C15H13F2N5O4/c1-25-12(26-2)7-22-13(8-3-9(16)5-10(17)4-8)19-6-11(15(22)24)14(23)20-21-18/h3-6,12H,7H2,1-2H3. The van der Waals surface area contributed by atoms with Crippen LogP contribution >= 0.6 is 0 Å². The average Bonchev–Trinajstić information content (AvgIpc) is 2.59. The third kappa shape index (κ3) is 4.09. The van der Waals surface area contributed by atoms with Crippen LogP contribution in [0.1, 0.15) is 10.4 Å². The number of rotatable bonds is 6. The maximum absolute atomic E-state index is 13.5.